The van der Waals surface area contributed by atoms with E-state index >= 15 is 0 Å². The Hall–Kier alpha value is -4.13. The molecule has 7 heteroatoms. The van der Waals surface area contributed by atoms with Crippen molar-refractivity contribution in [2.45, 2.75) is 6.92 Å². The maximum Gasteiger partial charge on any atom is 0.271 e. The second kappa shape index (κ2) is 10.1. The molecule has 3 aromatic rings. The van der Waals surface area contributed by atoms with Crippen molar-refractivity contribution in [2.75, 3.05) is 19.5 Å². The molecular formula is C24H23N3O4. The molecule has 3 rings (SSSR count). The highest BCUT2D eigenvalue weighted by atomic mass is 16.5. The zero-order valence-electron chi connectivity index (χ0n) is 17.5. The fraction of sp³-hybridized carbons (Fsp3) is 0.125. The lowest BCUT2D eigenvalue weighted by Crippen LogP contribution is -2.18. The number of rotatable bonds is 7. The van der Waals surface area contributed by atoms with Crippen molar-refractivity contribution in [1.29, 1.82) is 0 Å². The van der Waals surface area contributed by atoms with Gasteiger partial charge in [0.05, 0.1) is 20.4 Å². The van der Waals surface area contributed by atoms with Gasteiger partial charge in [-0.1, -0.05) is 23.8 Å². The minimum Gasteiger partial charge on any atom is -0.497 e. The molecule has 0 saturated heterocycles. The number of benzene rings is 3. The summed E-state index contributed by atoms with van der Waals surface area (Å²) in [4.78, 5) is 24.8. The van der Waals surface area contributed by atoms with Gasteiger partial charge >= 0.3 is 0 Å². The van der Waals surface area contributed by atoms with Crippen molar-refractivity contribution in [3.8, 4) is 11.5 Å². The topological polar surface area (TPSA) is 89.0 Å². The van der Waals surface area contributed by atoms with Crippen LogP contribution in [0.15, 0.2) is 71.8 Å². The molecule has 3 aromatic carbocycles. The Labute approximate surface area is 180 Å². The molecule has 0 unspecified atom stereocenters. The highest BCUT2D eigenvalue weighted by Gasteiger charge is 2.09. The Balaban J connectivity index is 1.65. The molecule has 0 radical (unpaired) electrons. The van der Waals surface area contributed by atoms with Gasteiger partial charge in [-0.2, -0.15) is 5.10 Å². The summed E-state index contributed by atoms with van der Waals surface area (Å²) >= 11 is 0. The fourth-order valence-electron chi connectivity index (χ4n) is 2.80. The lowest BCUT2D eigenvalue weighted by molar-refractivity contribution is 0.0953. The third kappa shape index (κ3) is 5.70. The van der Waals surface area contributed by atoms with E-state index in [-0.39, 0.29) is 5.91 Å². The third-order valence-corrected chi connectivity index (χ3v) is 4.51. The number of nitrogens with one attached hydrogen (secondary N) is 2. The van der Waals surface area contributed by atoms with Crippen molar-refractivity contribution in [3.63, 3.8) is 0 Å². The average Bonchev–Trinajstić information content (AvgIpc) is 2.79. The standard InChI is InChI=1S/C24H23N3O4/c1-16-7-9-17(10-8-16)23(28)26-20-6-4-5-18(13-20)24(29)27-25-15-19-11-12-21(30-2)14-22(19)31-3/h4-15H,1-3H3,(H,26,28)(H,27,29)/b25-15+. The Bertz CT molecular complexity index is 1110. The molecule has 0 saturated carbocycles. The van der Waals surface area contributed by atoms with Crippen LogP contribution in [0.3, 0.4) is 0 Å². The molecule has 0 spiro atoms. The van der Waals surface area contributed by atoms with E-state index in [4.69, 9.17) is 9.47 Å². The second-order valence-electron chi connectivity index (χ2n) is 6.71. The summed E-state index contributed by atoms with van der Waals surface area (Å²) in [7, 11) is 3.11. The minimum absolute atomic E-state index is 0.248. The van der Waals surface area contributed by atoms with Gasteiger partial charge in [0.2, 0.25) is 0 Å². The zero-order valence-corrected chi connectivity index (χ0v) is 17.5. The lowest BCUT2D eigenvalue weighted by atomic mass is 10.1. The zero-order chi connectivity index (χ0) is 22.2. The van der Waals surface area contributed by atoms with Gasteiger partial charge in [0.1, 0.15) is 11.5 Å². The molecule has 0 fully saturated rings. The molecule has 2 amide bonds. The first kappa shape index (κ1) is 21.6. The SMILES string of the molecule is COc1ccc(/C=N/NC(=O)c2cccc(NC(=O)c3ccc(C)cc3)c2)c(OC)c1. The van der Waals surface area contributed by atoms with E-state index in [0.29, 0.717) is 33.9 Å². The number of aryl methyl sites for hydroxylation is 1. The largest absolute Gasteiger partial charge is 0.497 e. The first-order valence-corrected chi connectivity index (χ1v) is 9.53. The number of ether oxygens (including phenoxy) is 2. The highest BCUT2D eigenvalue weighted by molar-refractivity contribution is 6.05. The molecular weight excluding hydrogens is 394 g/mol. The van der Waals surface area contributed by atoms with Crippen LogP contribution in [0.1, 0.15) is 31.8 Å². The van der Waals surface area contributed by atoms with Crippen LogP contribution >= 0.6 is 0 Å². The molecule has 31 heavy (non-hydrogen) atoms. The van der Waals surface area contributed by atoms with Crippen LogP contribution in [0.25, 0.3) is 0 Å². The summed E-state index contributed by atoms with van der Waals surface area (Å²) in [6.07, 6.45) is 1.49. The maximum atomic E-state index is 12.4. The Morgan fingerprint density at radius 1 is 0.871 bits per heavy atom. The van der Waals surface area contributed by atoms with E-state index in [1.165, 1.54) is 6.21 Å². The molecule has 0 atom stereocenters. The van der Waals surface area contributed by atoms with Crippen molar-refractivity contribution in [1.82, 2.24) is 5.43 Å². The van der Waals surface area contributed by atoms with Crippen LogP contribution in [-0.2, 0) is 0 Å². The molecule has 0 heterocycles. The summed E-state index contributed by atoms with van der Waals surface area (Å²) in [6, 6.07) is 19.1. The molecule has 0 aliphatic rings. The minimum atomic E-state index is -0.407. The molecule has 0 aliphatic heterocycles. The Kier molecular flexibility index (Phi) is 7.01. The van der Waals surface area contributed by atoms with Crippen molar-refractivity contribution in [2.24, 2.45) is 5.10 Å². The van der Waals surface area contributed by atoms with Crippen LogP contribution in [-0.4, -0.2) is 32.2 Å². The number of hydrogen-bond donors (Lipinski definition) is 2. The summed E-state index contributed by atoms with van der Waals surface area (Å²) in [6.45, 7) is 1.96. The number of hydrogen-bond acceptors (Lipinski definition) is 5. The third-order valence-electron chi connectivity index (χ3n) is 4.51. The lowest BCUT2D eigenvalue weighted by Gasteiger charge is -2.08. The van der Waals surface area contributed by atoms with Crippen molar-refractivity contribution >= 4 is 23.7 Å². The molecule has 158 valence electrons. The van der Waals surface area contributed by atoms with Gasteiger partial charge in [0.25, 0.3) is 11.8 Å². The monoisotopic (exact) mass is 417 g/mol. The van der Waals surface area contributed by atoms with Gasteiger partial charge in [-0.3, -0.25) is 9.59 Å². The van der Waals surface area contributed by atoms with Crippen LogP contribution in [0.4, 0.5) is 5.69 Å². The van der Waals surface area contributed by atoms with Crippen LogP contribution in [0.2, 0.25) is 0 Å². The predicted octanol–water partition coefficient (Wildman–Crippen LogP) is 4.03. The van der Waals surface area contributed by atoms with E-state index < -0.39 is 5.91 Å². The van der Waals surface area contributed by atoms with Gasteiger partial charge in [0, 0.05) is 28.4 Å². The van der Waals surface area contributed by atoms with Crippen molar-refractivity contribution < 1.29 is 19.1 Å². The summed E-state index contributed by atoms with van der Waals surface area (Å²) in [5.41, 5.74) is 5.65. The van der Waals surface area contributed by atoms with Crippen LogP contribution in [0.5, 0.6) is 11.5 Å². The fourth-order valence-corrected chi connectivity index (χ4v) is 2.80. The second-order valence-corrected chi connectivity index (χ2v) is 6.71. The number of carbonyl (C=O) groups is 2. The van der Waals surface area contributed by atoms with E-state index in [2.05, 4.69) is 15.8 Å². The Morgan fingerprint density at radius 3 is 2.35 bits per heavy atom. The number of hydrazone groups is 1. The number of nitrogens with zero attached hydrogens (tertiary/aromatic N) is 1. The van der Waals surface area contributed by atoms with Gasteiger partial charge in [-0.15, -0.1) is 0 Å². The van der Waals surface area contributed by atoms with E-state index in [0.717, 1.165) is 5.56 Å². The predicted molar refractivity (Wildman–Crippen MR) is 120 cm³/mol. The van der Waals surface area contributed by atoms with Gasteiger partial charge in [-0.05, 0) is 49.4 Å². The quantitative estimate of drug-likeness (QED) is 0.449. The van der Waals surface area contributed by atoms with Gasteiger partial charge in [-0.25, -0.2) is 5.43 Å². The maximum absolute atomic E-state index is 12.4. The smallest absolute Gasteiger partial charge is 0.271 e. The molecule has 2 N–H and O–H groups in total. The normalized spacial score (nSPS) is 10.5. The highest BCUT2D eigenvalue weighted by Crippen LogP contribution is 2.23. The summed E-state index contributed by atoms with van der Waals surface area (Å²) in [5.74, 6) is 0.568. The van der Waals surface area contributed by atoms with E-state index in [9.17, 15) is 9.59 Å². The number of methoxy groups -OCH3 is 2. The van der Waals surface area contributed by atoms with Crippen molar-refractivity contribution in [3.05, 3.63) is 89.0 Å². The van der Waals surface area contributed by atoms with Crippen LogP contribution < -0.4 is 20.2 Å². The first-order valence-electron chi connectivity index (χ1n) is 9.53. The molecule has 0 aliphatic carbocycles. The average molecular weight is 417 g/mol. The summed E-state index contributed by atoms with van der Waals surface area (Å²) in [5, 5.41) is 6.79. The number of amides is 2. The molecule has 0 aromatic heterocycles. The number of anilines is 1. The van der Waals surface area contributed by atoms with Crippen LogP contribution in [0, 0.1) is 6.92 Å². The molecule has 0 bridgehead atoms. The van der Waals surface area contributed by atoms with Gasteiger partial charge < -0.3 is 14.8 Å². The van der Waals surface area contributed by atoms with Gasteiger partial charge in [0.15, 0.2) is 0 Å². The number of carbonyl (C=O) groups excluding carboxylic acids is 2. The Morgan fingerprint density at radius 2 is 1.65 bits per heavy atom. The van der Waals surface area contributed by atoms with E-state index in [1.54, 1.807) is 68.8 Å². The molecule has 7 nitrogen and oxygen atoms in total. The van der Waals surface area contributed by atoms with E-state index in [1.807, 2.05) is 19.1 Å². The first-order chi connectivity index (χ1) is 15.0. The summed E-state index contributed by atoms with van der Waals surface area (Å²) < 4.78 is 10.5.